The number of carbonyl (C=O) groups excluding carboxylic acids is 1. The van der Waals surface area contributed by atoms with Crippen molar-refractivity contribution in [3.8, 4) is 11.8 Å². The van der Waals surface area contributed by atoms with Gasteiger partial charge in [0, 0.05) is 0 Å². The summed E-state index contributed by atoms with van der Waals surface area (Å²) in [6.45, 7) is 5.47. The van der Waals surface area contributed by atoms with E-state index in [0.29, 0.717) is 5.16 Å². The second-order valence-corrected chi connectivity index (χ2v) is 5.66. The number of nitriles is 1. The number of esters is 1. The predicted molar refractivity (Wildman–Crippen MR) is 80.5 cm³/mol. The second-order valence-electron chi connectivity index (χ2n) is 4.71. The Morgan fingerprint density at radius 1 is 1.50 bits per heavy atom. The molecular formula is C14H15N5O2S. The first-order chi connectivity index (χ1) is 10.5. The van der Waals surface area contributed by atoms with E-state index >= 15 is 0 Å². The Kier molecular flexibility index (Phi) is 5.12. The maximum Gasteiger partial charge on any atom is 0.317 e. The Morgan fingerprint density at radius 2 is 2.27 bits per heavy atom. The van der Waals surface area contributed by atoms with Crippen molar-refractivity contribution in [2.75, 3.05) is 5.75 Å². The zero-order valence-corrected chi connectivity index (χ0v) is 13.3. The Balaban J connectivity index is 2.12. The van der Waals surface area contributed by atoms with Crippen molar-refractivity contribution in [3.05, 3.63) is 29.3 Å². The molecule has 0 unspecified atom stereocenters. The van der Waals surface area contributed by atoms with Crippen LogP contribution in [-0.4, -0.2) is 38.0 Å². The number of aromatic nitrogens is 4. The standard InChI is InChI=1S/C14H15N5O2S/c1-9-4-5-10(2)12(6-9)19-14(16-17-18-19)22-8-13(20)21-11(3)7-15/h4-6,11H,8H2,1-3H3/t11-/m1/s1. The first-order valence-corrected chi connectivity index (χ1v) is 7.57. The zero-order chi connectivity index (χ0) is 16.1. The van der Waals surface area contributed by atoms with Crippen LogP contribution in [0.2, 0.25) is 0 Å². The van der Waals surface area contributed by atoms with Gasteiger partial charge in [0.15, 0.2) is 6.10 Å². The zero-order valence-electron chi connectivity index (χ0n) is 12.5. The first-order valence-electron chi connectivity index (χ1n) is 6.59. The summed E-state index contributed by atoms with van der Waals surface area (Å²) in [5, 5.41) is 20.7. The second kappa shape index (κ2) is 7.04. The number of tetrazole rings is 1. The minimum absolute atomic E-state index is 0.0389. The number of carbonyl (C=O) groups is 1. The summed E-state index contributed by atoms with van der Waals surface area (Å²) in [5.74, 6) is -0.438. The highest BCUT2D eigenvalue weighted by Gasteiger charge is 2.15. The van der Waals surface area contributed by atoms with Crippen molar-refractivity contribution in [1.29, 1.82) is 5.26 Å². The van der Waals surface area contributed by atoms with Crippen LogP contribution < -0.4 is 0 Å². The lowest BCUT2D eigenvalue weighted by atomic mass is 10.1. The molecule has 0 saturated carbocycles. The highest BCUT2D eigenvalue weighted by atomic mass is 32.2. The van der Waals surface area contributed by atoms with Crippen LogP contribution >= 0.6 is 11.8 Å². The molecule has 22 heavy (non-hydrogen) atoms. The van der Waals surface area contributed by atoms with E-state index < -0.39 is 12.1 Å². The van der Waals surface area contributed by atoms with Gasteiger partial charge >= 0.3 is 5.97 Å². The van der Waals surface area contributed by atoms with Gasteiger partial charge in [-0.25, -0.2) is 0 Å². The summed E-state index contributed by atoms with van der Waals surface area (Å²) in [5.41, 5.74) is 2.99. The number of hydrogen-bond acceptors (Lipinski definition) is 7. The van der Waals surface area contributed by atoms with Gasteiger partial charge in [-0.15, -0.1) is 5.10 Å². The van der Waals surface area contributed by atoms with E-state index in [2.05, 4.69) is 15.5 Å². The molecule has 1 heterocycles. The van der Waals surface area contributed by atoms with Crippen LogP contribution in [0.4, 0.5) is 0 Å². The fourth-order valence-electron chi connectivity index (χ4n) is 1.75. The molecule has 0 bridgehead atoms. The van der Waals surface area contributed by atoms with Gasteiger partial charge < -0.3 is 4.74 Å². The molecule has 0 aliphatic heterocycles. The number of rotatable bonds is 5. The van der Waals surface area contributed by atoms with Crippen molar-refractivity contribution >= 4 is 17.7 Å². The van der Waals surface area contributed by atoms with Crippen LogP contribution in [0.25, 0.3) is 5.69 Å². The molecular weight excluding hydrogens is 302 g/mol. The Labute approximate surface area is 132 Å². The molecule has 1 aromatic carbocycles. The van der Waals surface area contributed by atoms with Gasteiger partial charge in [-0.2, -0.15) is 9.94 Å². The molecule has 7 nitrogen and oxygen atoms in total. The van der Waals surface area contributed by atoms with Gasteiger partial charge in [-0.3, -0.25) is 4.79 Å². The highest BCUT2D eigenvalue weighted by molar-refractivity contribution is 7.99. The van der Waals surface area contributed by atoms with Crippen LogP contribution in [0.5, 0.6) is 0 Å². The topological polar surface area (TPSA) is 93.7 Å². The average molecular weight is 317 g/mol. The van der Waals surface area contributed by atoms with Crippen molar-refractivity contribution in [2.45, 2.75) is 32.0 Å². The number of thioether (sulfide) groups is 1. The van der Waals surface area contributed by atoms with Crippen molar-refractivity contribution in [2.24, 2.45) is 0 Å². The molecule has 8 heteroatoms. The molecule has 1 atom stereocenters. The highest BCUT2D eigenvalue weighted by Crippen LogP contribution is 2.21. The van der Waals surface area contributed by atoms with Crippen molar-refractivity contribution in [1.82, 2.24) is 20.2 Å². The molecule has 114 valence electrons. The largest absolute Gasteiger partial charge is 0.447 e. The van der Waals surface area contributed by atoms with Gasteiger partial charge in [0.05, 0.1) is 11.4 Å². The SMILES string of the molecule is Cc1ccc(C)c(-n2nnnc2SCC(=O)O[C@H](C)C#N)c1. The van der Waals surface area contributed by atoms with Crippen molar-refractivity contribution in [3.63, 3.8) is 0 Å². The van der Waals surface area contributed by atoms with E-state index in [0.717, 1.165) is 16.8 Å². The van der Waals surface area contributed by atoms with E-state index in [1.54, 1.807) is 4.68 Å². The third kappa shape index (κ3) is 3.83. The summed E-state index contributed by atoms with van der Waals surface area (Å²) >= 11 is 1.17. The molecule has 0 aliphatic rings. The minimum atomic E-state index is -0.761. The quantitative estimate of drug-likeness (QED) is 0.613. The van der Waals surface area contributed by atoms with Crippen LogP contribution in [-0.2, 0) is 9.53 Å². The molecule has 2 rings (SSSR count). The van der Waals surface area contributed by atoms with E-state index in [1.165, 1.54) is 18.7 Å². The molecule has 2 aromatic rings. The Hall–Kier alpha value is -2.40. The minimum Gasteiger partial charge on any atom is -0.447 e. The number of hydrogen-bond donors (Lipinski definition) is 0. The molecule has 0 amide bonds. The Bertz CT molecular complexity index is 722. The molecule has 0 fully saturated rings. The van der Waals surface area contributed by atoms with E-state index in [-0.39, 0.29) is 5.75 Å². The summed E-state index contributed by atoms with van der Waals surface area (Å²) in [7, 11) is 0. The molecule has 1 aromatic heterocycles. The van der Waals surface area contributed by atoms with Crippen LogP contribution in [0.15, 0.2) is 23.4 Å². The van der Waals surface area contributed by atoms with Gasteiger partial charge in [-0.1, -0.05) is 23.9 Å². The molecule has 0 N–H and O–H groups in total. The third-order valence-corrected chi connectivity index (χ3v) is 3.74. The lowest BCUT2D eigenvalue weighted by molar-refractivity contribution is -0.142. The van der Waals surface area contributed by atoms with E-state index in [9.17, 15) is 4.79 Å². The predicted octanol–water partition coefficient (Wildman–Crippen LogP) is 1.83. The monoisotopic (exact) mass is 317 g/mol. The number of ether oxygens (including phenoxy) is 1. The molecule has 0 aliphatic carbocycles. The molecule has 0 saturated heterocycles. The van der Waals surface area contributed by atoms with Crippen LogP contribution in [0.1, 0.15) is 18.1 Å². The van der Waals surface area contributed by atoms with Gasteiger partial charge in [0.25, 0.3) is 0 Å². The lowest BCUT2D eigenvalue weighted by Crippen LogP contribution is -2.15. The summed E-state index contributed by atoms with van der Waals surface area (Å²) in [4.78, 5) is 11.6. The Morgan fingerprint density at radius 3 is 3.00 bits per heavy atom. The maximum absolute atomic E-state index is 11.6. The number of aryl methyl sites for hydroxylation is 2. The van der Waals surface area contributed by atoms with E-state index in [4.69, 9.17) is 10.00 Å². The maximum atomic E-state index is 11.6. The fraction of sp³-hybridized carbons (Fsp3) is 0.357. The summed E-state index contributed by atoms with van der Waals surface area (Å²) < 4.78 is 6.48. The van der Waals surface area contributed by atoms with E-state index in [1.807, 2.05) is 38.1 Å². The van der Waals surface area contributed by atoms with Crippen LogP contribution in [0, 0.1) is 25.2 Å². The lowest BCUT2D eigenvalue weighted by Gasteiger charge is -2.09. The summed E-state index contributed by atoms with van der Waals surface area (Å²) in [6.07, 6.45) is -0.761. The average Bonchev–Trinajstić information content (AvgIpc) is 2.95. The molecule has 0 spiro atoms. The molecule has 0 radical (unpaired) electrons. The number of nitrogens with zero attached hydrogens (tertiary/aromatic N) is 5. The van der Waals surface area contributed by atoms with Gasteiger partial charge in [0.2, 0.25) is 5.16 Å². The first kappa shape index (κ1) is 16.0. The van der Waals surface area contributed by atoms with Gasteiger partial charge in [0.1, 0.15) is 6.07 Å². The smallest absolute Gasteiger partial charge is 0.317 e. The van der Waals surface area contributed by atoms with Crippen molar-refractivity contribution < 1.29 is 9.53 Å². The fourth-order valence-corrected chi connectivity index (χ4v) is 2.42. The third-order valence-electron chi connectivity index (χ3n) is 2.84. The summed E-state index contributed by atoms with van der Waals surface area (Å²) in [6, 6.07) is 7.82. The van der Waals surface area contributed by atoms with Gasteiger partial charge in [-0.05, 0) is 48.4 Å². The van der Waals surface area contributed by atoms with Crippen LogP contribution in [0.3, 0.4) is 0 Å². The normalized spacial score (nSPS) is 11.7. The number of benzene rings is 1.